The second-order valence-electron chi connectivity index (χ2n) is 4.89. The lowest BCUT2D eigenvalue weighted by atomic mass is 10.0. The van der Waals surface area contributed by atoms with Crippen LogP contribution in [0.4, 0.5) is 5.82 Å². The van der Waals surface area contributed by atoms with Gasteiger partial charge in [0.25, 0.3) is 5.91 Å². The molecule has 1 saturated heterocycles. The van der Waals surface area contributed by atoms with Crippen LogP contribution in [0.1, 0.15) is 36.5 Å². The summed E-state index contributed by atoms with van der Waals surface area (Å²) in [4.78, 5) is 18.2. The minimum absolute atomic E-state index is 0.00317. The summed E-state index contributed by atoms with van der Waals surface area (Å²) in [6.07, 6.45) is 4.94. The molecule has 104 valence electrons. The number of hydrogen-bond acceptors (Lipinski definition) is 4. The minimum atomic E-state index is -0.00317. The van der Waals surface area contributed by atoms with Crippen molar-refractivity contribution in [3.05, 3.63) is 22.8 Å². The van der Waals surface area contributed by atoms with Crippen molar-refractivity contribution < 1.29 is 4.79 Å². The second kappa shape index (κ2) is 6.21. The first-order chi connectivity index (χ1) is 9.15. The van der Waals surface area contributed by atoms with Crippen LogP contribution in [0.3, 0.4) is 0 Å². The van der Waals surface area contributed by atoms with Crippen LogP contribution in [-0.4, -0.2) is 28.9 Å². The van der Waals surface area contributed by atoms with Crippen molar-refractivity contribution in [1.29, 1.82) is 0 Å². The maximum Gasteiger partial charge on any atom is 0.255 e. The smallest absolute Gasteiger partial charge is 0.255 e. The number of carbonyl (C=O) groups is 1. The zero-order valence-corrected chi connectivity index (χ0v) is 11.8. The van der Waals surface area contributed by atoms with Crippen LogP contribution in [0.5, 0.6) is 0 Å². The molecular weight excluding hydrogens is 264 g/mol. The van der Waals surface area contributed by atoms with E-state index >= 15 is 0 Å². The fourth-order valence-corrected chi connectivity index (χ4v) is 2.73. The molecule has 0 radical (unpaired) electrons. The molecule has 1 fully saturated rings. The molecule has 2 heterocycles. The summed E-state index contributed by atoms with van der Waals surface area (Å²) in [5, 5.41) is 0.359. The SMILES string of the molecule is CCCC1CCN(C(=O)c2cnc(NN)c(Cl)c2)C1. The molecule has 1 aromatic rings. The monoisotopic (exact) mass is 282 g/mol. The number of nitrogens with one attached hydrogen (secondary N) is 1. The third kappa shape index (κ3) is 3.16. The number of carbonyl (C=O) groups excluding carboxylic acids is 1. The molecule has 6 heteroatoms. The average Bonchev–Trinajstić information content (AvgIpc) is 2.87. The molecule has 0 aromatic carbocycles. The van der Waals surface area contributed by atoms with Gasteiger partial charge < -0.3 is 10.3 Å². The van der Waals surface area contributed by atoms with Crippen LogP contribution < -0.4 is 11.3 Å². The number of amides is 1. The Bertz CT molecular complexity index is 466. The van der Waals surface area contributed by atoms with Gasteiger partial charge >= 0.3 is 0 Å². The zero-order chi connectivity index (χ0) is 13.8. The molecule has 1 aliphatic rings. The van der Waals surface area contributed by atoms with Gasteiger partial charge in [0.05, 0.1) is 10.6 Å². The van der Waals surface area contributed by atoms with Crippen molar-refractivity contribution in [3.63, 3.8) is 0 Å². The Morgan fingerprint density at radius 1 is 1.68 bits per heavy atom. The quantitative estimate of drug-likeness (QED) is 0.656. The molecular formula is C13H19ClN4O. The fraction of sp³-hybridized carbons (Fsp3) is 0.538. The van der Waals surface area contributed by atoms with Crippen molar-refractivity contribution >= 4 is 23.3 Å². The highest BCUT2D eigenvalue weighted by atomic mass is 35.5. The van der Waals surface area contributed by atoms with Gasteiger partial charge in [-0.1, -0.05) is 24.9 Å². The number of rotatable bonds is 4. The standard InChI is InChI=1S/C13H19ClN4O/c1-2-3-9-4-5-18(8-9)13(19)10-6-11(14)12(17-15)16-7-10/h6-7,9H,2-5,8,15H2,1H3,(H,16,17). The van der Waals surface area contributed by atoms with Gasteiger partial charge in [0.1, 0.15) is 0 Å². The van der Waals surface area contributed by atoms with E-state index in [1.54, 1.807) is 6.07 Å². The van der Waals surface area contributed by atoms with Crippen LogP contribution in [0.25, 0.3) is 0 Å². The molecule has 0 bridgehead atoms. The summed E-state index contributed by atoms with van der Waals surface area (Å²) in [6, 6.07) is 1.61. The van der Waals surface area contributed by atoms with Gasteiger partial charge in [-0.25, -0.2) is 10.8 Å². The predicted octanol–water partition coefficient (Wildman–Crippen LogP) is 2.28. The summed E-state index contributed by atoms with van der Waals surface area (Å²) in [5.41, 5.74) is 2.90. The van der Waals surface area contributed by atoms with Gasteiger partial charge in [0, 0.05) is 19.3 Å². The highest BCUT2D eigenvalue weighted by molar-refractivity contribution is 6.33. The number of halogens is 1. The van der Waals surface area contributed by atoms with Crippen LogP contribution in [0, 0.1) is 5.92 Å². The van der Waals surface area contributed by atoms with E-state index in [0.29, 0.717) is 22.3 Å². The van der Waals surface area contributed by atoms with E-state index in [2.05, 4.69) is 17.3 Å². The Morgan fingerprint density at radius 3 is 3.11 bits per heavy atom. The molecule has 1 amide bonds. The summed E-state index contributed by atoms with van der Waals surface area (Å²) in [5.74, 6) is 6.26. The second-order valence-corrected chi connectivity index (χ2v) is 5.30. The topological polar surface area (TPSA) is 71.2 Å². The molecule has 5 nitrogen and oxygen atoms in total. The molecule has 1 unspecified atom stereocenters. The Kier molecular flexibility index (Phi) is 4.61. The van der Waals surface area contributed by atoms with E-state index in [1.165, 1.54) is 12.6 Å². The molecule has 19 heavy (non-hydrogen) atoms. The largest absolute Gasteiger partial charge is 0.338 e. The van der Waals surface area contributed by atoms with Crippen molar-refractivity contribution in [2.45, 2.75) is 26.2 Å². The summed E-state index contributed by atoms with van der Waals surface area (Å²) < 4.78 is 0. The minimum Gasteiger partial charge on any atom is -0.338 e. The molecule has 0 saturated carbocycles. The lowest BCUT2D eigenvalue weighted by molar-refractivity contribution is 0.0786. The first-order valence-electron chi connectivity index (χ1n) is 6.57. The van der Waals surface area contributed by atoms with Crippen LogP contribution in [0.2, 0.25) is 5.02 Å². The van der Waals surface area contributed by atoms with E-state index in [1.807, 2.05) is 4.90 Å². The van der Waals surface area contributed by atoms with Crippen molar-refractivity contribution in [2.24, 2.45) is 11.8 Å². The number of anilines is 1. The molecule has 1 aromatic heterocycles. The summed E-state index contributed by atoms with van der Waals surface area (Å²) in [7, 11) is 0. The van der Waals surface area contributed by atoms with Gasteiger partial charge in [-0.3, -0.25) is 4.79 Å². The Balaban J connectivity index is 2.06. The number of pyridine rings is 1. The molecule has 1 aliphatic heterocycles. The normalized spacial score (nSPS) is 18.7. The number of aromatic nitrogens is 1. The zero-order valence-electron chi connectivity index (χ0n) is 11.0. The molecule has 3 N–H and O–H groups in total. The highest BCUT2D eigenvalue weighted by Gasteiger charge is 2.26. The lowest BCUT2D eigenvalue weighted by Crippen LogP contribution is -2.28. The Labute approximate surface area is 118 Å². The van der Waals surface area contributed by atoms with Gasteiger partial charge in [0.15, 0.2) is 5.82 Å². The first-order valence-corrected chi connectivity index (χ1v) is 6.95. The van der Waals surface area contributed by atoms with E-state index < -0.39 is 0 Å². The number of hydrogen-bond donors (Lipinski definition) is 2. The highest BCUT2D eigenvalue weighted by Crippen LogP contribution is 2.24. The Hall–Kier alpha value is -1.33. The van der Waals surface area contributed by atoms with Crippen molar-refractivity contribution in [1.82, 2.24) is 9.88 Å². The van der Waals surface area contributed by atoms with Crippen molar-refractivity contribution in [3.8, 4) is 0 Å². The van der Waals surface area contributed by atoms with Crippen LogP contribution in [0.15, 0.2) is 12.3 Å². The number of likely N-dealkylation sites (tertiary alicyclic amines) is 1. The lowest BCUT2D eigenvalue weighted by Gasteiger charge is -2.16. The maximum absolute atomic E-state index is 12.3. The van der Waals surface area contributed by atoms with Gasteiger partial charge in [-0.15, -0.1) is 0 Å². The summed E-state index contributed by atoms with van der Waals surface area (Å²) in [6.45, 7) is 3.83. The summed E-state index contributed by atoms with van der Waals surface area (Å²) >= 11 is 5.98. The number of hydrazine groups is 1. The van der Waals surface area contributed by atoms with Gasteiger partial charge in [-0.2, -0.15) is 0 Å². The molecule has 2 rings (SSSR count). The third-order valence-electron chi connectivity index (χ3n) is 3.49. The molecule has 0 aliphatic carbocycles. The van der Waals surface area contributed by atoms with Gasteiger partial charge in [-0.05, 0) is 24.8 Å². The van der Waals surface area contributed by atoms with Crippen LogP contribution >= 0.6 is 11.6 Å². The molecule has 0 spiro atoms. The molecule has 1 atom stereocenters. The average molecular weight is 283 g/mol. The van der Waals surface area contributed by atoms with E-state index in [4.69, 9.17) is 17.4 Å². The Morgan fingerprint density at radius 2 is 2.47 bits per heavy atom. The van der Waals surface area contributed by atoms with Gasteiger partial charge in [0.2, 0.25) is 0 Å². The fourth-order valence-electron chi connectivity index (χ4n) is 2.50. The number of nitrogen functional groups attached to an aromatic ring is 1. The van der Waals surface area contributed by atoms with E-state index in [-0.39, 0.29) is 5.91 Å². The predicted molar refractivity (Wildman–Crippen MR) is 76.0 cm³/mol. The third-order valence-corrected chi connectivity index (χ3v) is 3.78. The van der Waals surface area contributed by atoms with Crippen molar-refractivity contribution in [2.75, 3.05) is 18.5 Å². The van der Waals surface area contributed by atoms with Crippen LogP contribution in [-0.2, 0) is 0 Å². The van der Waals surface area contributed by atoms with E-state index in [0.717, 1.165) is 25.9 Å². The number of nitrogens with zero attached hydrogens (tertiary/aromatic N) is 2. The first kappa shape index (κ1) is 14.1. The number of nitrogens with two attached hydrogens (primary N) is 1. The van der Waals surface area contributed by atoms with E-state index in [9.17, 15) is 4.79 Å². The maximum atomic E-state index is 12.3.